The van der Waals surface area contributed by atoms with Crippen molar-refractivity contribution >= 4 is 19.9 Å². The number of sulfonamides is 1. The molecule has 0 atom stereocenters. The molecule has 1 N–H and O–H groups in total. The largest absolute Gasteiger partial charge is 0.395 e. The summed E-state index contributed by atoms with van der Waals surface area (Å²) in [5.74, 6) is -0.428. The van der Waals surface area contributed by atoms with E-state index in [1.54, 1.807) is 0 Å². The van der Waals surface area contributed by atoms with Crippen LogP contribution in [0.25, 0.3) is 0 Å². The highest BCUT2D eigenvalue weighted by Gasteiger charge is 2.26. The summed E-state index contributed by atoms with van der Waals surface area (Å²) >= 11 is 0. The summed E-state index contributed by atoms with van der Waals surface area (Å²) in [6.07, 6.45) is 0.326. The number of hydrogen-bond donors (Lipinski definition) is 1. The summed E-state index contributed by atoms with van der Waals surface area (Å²) in [7, 11) is -6.58. The van der Waals surface area contributed by atoms with E-state index in [0.717, 1.165) is 4.31 Å². The Hall–Kier alpha value is -0.180. The first-order chi connectivity index (χ1) is 6.87. The minimum atomic E-state index is -3.49. The summed E-state index contributed by atoms with van der Waals surface area (Å²) in [4.78, 5) is 0. The zero-order chi connectivity index (χ0) is 11.5. The van der Waals surface area contributed by atoms with Crippen LogP contribution in [0.3, 0.4) is 0 Å². The van der Waals surface area contributed by atoms with Gasteiger partial charge in [0.15, 0.2) is 9.84 Å². The van der Waals surface area contributed by atoms with E-state index in [2.05, 4.69) is 0 Å². The van der Waals surface area contributed by atoms with E-state index in [9.17, 15) is 16.8 Å². The van der Waals surface area contributed by atoms with Gasteiger partial charge in [0.05, 0.1) is 23.9 Å². The molecular formula is C7H15NO5S2. The molecule has 15 heavy (non-hydrogen) atoms. The maximum Gasteiger partial charge on any atom is 0.216 e. The van der Waals surface area contributed by atoms with Gasteiger partial charge in [-0.15, -0.1) is 0 Å². The molecule has 0 aliphatic carbocycles. The third-order valence-electron chi connectivity index (χ3n) is 2.26. The Labute approximate surface area is 89.9 Å². The summed E-state index contributed by atoms with van der Waals surface area (Å²) in [5.41, 5.74) is 0. The molecule has 1 aliphatic heterocycles. The summed E-state index contributed by atoms with van der Waals surface area (Å²) in [5, 5.41) is 8.58. The van der Waals surface area contributed by atoms with Crippen LogP contribution < -0.4 is 0 Å². The highest BCUT2D eigenvalue weighted by molar-refractivity contribution is 7.91. The van der Waals surface area contributed by atoms with Crippen molar-refractivity contribution in [3.05, 3.63) is 0 Å². The van der Waals surface area contributed by atoms with E-state index in [0.29, 0.717) is 6.42 Å². The Morgan fingerprint density at radius 1 is 1.20 bits per heavy atom. The lowest BCUT2D eigenvalue weighted by Gasteiger charge is -2.18. The van der Waals surface area contributed by atoms with Gasteiger partial charge in [-0.2, -0.15) is 0 Å². The Bertz CT molecular complexity index is 399. The normalized spacial score (nSPS) is 23.5. The SMILES string of the molecule is O=S1(=O)CCCN(S(=O)(=O)CCO)CC1. The lowest BCUT2D eigenvalue weighted by molar-refractivity contribution is 0.315. The molecule has 0 amide bonds. The first-order valence-corrected chi connectivity index (χ1v) is 8.09. The second-order valence-corrected chi connectivity index (χ2v) is 7.84. The zero-order valence-electron chi connectivity index (χ0n) is 8.29. The minimum Gasteiger partial charge on any atom is -0.395 e. The first-order valence-electron chi connectivity index (χ1n) is 4.66. The van der Waals surface area contributed by atoms with Crippen LogP contribution in [-0.4, -0.2) is 63.2 Å². The average Bonchev–Trinajstić information content (AvgIpc) is 2.26. The van der Waals surface area contributed by atoms with E-state index < -0.39 is 26.5 Å². The Morgan fingerprint density at radius 2 is 1.87 bits per heavy atom. The monoisotopic (exact) mass is 257 g/mol. The van der Waals surface area contributed by atoms with Crippen molar-refractivity contribution in [2.45, 2.75) is 6.42 Å². The molecule has 0 saturated carbocycles. The highest BCUT2D eigenvalue weighted by atomic mass is 32.2. The quantitative estimate of drug-likeness (QED) is 0.659. The number of hydrogen-bond acceptors (Lipinski definition) is 5. The van der Waals surface area contributed by atoms with Gasteiger partial charge in [0.2, 0.25) is 10.0 Å². The van der Waals surface area contributed by atoms with Crippen LogP contribution in [0.5, 0.6) is 0 Å². The van der Waals surface area contributed by atoms with Crippen molar-refractivity contribution in [2.24, 2.45) is 0 Å². The molecule has 0 bridgehead atoms. The van der Waals surface area contributed by atoms with Gasteiger partial charge in [0.1, 0.15) is 0 Å². The standard InChI is InChI=1S/C7H15NO5S2/c9-4-7-15(12,13)8-2-1-5-14(10,11)6-3-8/h9H,1-7H2. The third kappa shape index (κ3) is 3.71. The smallest absolute Gasteiger partial charge is 0.216 e. The zero-order valence-corrected chi connectivity index (χ0v) is 9.93. The second kappa shape index (κ2) is 4.77. The van der Waals surface area contributed by atoms with E-state index in [1.807, 2.05) is 0 Å². The van der Waals surface area contributed by atoms with Crippen LogP contribution in [0.1, 0.15) is 6.42 Å². The fourth-order valence-electron chi connectivity index (χ4n) is 1.44. The summed E-state index contributed by atoms with van der Waals surface area (Å²) in [6, 6.07) is 0. The van der Waals surface area contributed by atoms with Gasteiger partial charge >= 0.3 is 0 Å². The Balaban J connectivity index is 2.74. The fourth-order valence-corrected chi connectivity index (χ4v) is 4.09. The van der Waals surface area contributed by atoms with Crippen molar-refractivity contribution in [1.82, 2.24) is 4.31 Å². The molecule has 0 aromatic carbocycles. The van der Waals surface area contributed by atoms with Crippen molar-refractivity contribution in [3.63, 3.8) is 0 Å². The predicted molar refractivity (Wildman–Crippen MR) is 55.7 cm³/mol. The molecule has 1 rings (SSSR count). The number of rotatable bonds is 3. The molecule has 0 spiro atoms. The van der Waals surface area contributed by atoms with Gasteiger partial charge in [0.25, 0.3) is 0 Å². The molecule has 0 unspecified atom stereocenters. The maximum absolute atomic E-state index is 11.5. The van der Waals surface area contributed by atoms with Gasteiger partial charge in [-0.05, 0) is 6.42 Å². The van der Waals surface area contributed by atoms with Gasteiger partial charge < -0.3 is 5.11 Å². The predicted octanol–water partition coefficient (Wildman–Crippen LogP) is -1.57. The summed E-state index contributed by atoms with van der Waals surface area (Å²) in [6.45, 7) is -0.211. The van der Waals surface area contributed by atoms with Gasteiger partial charge in [0, 0.05) is 13.1 Å². The molecule has 1 fully saturated rings. The van der Waals surface area contributed by atoms with Crippen LogP contribution in [0.15, 0.2) is 0 Å². The highest BCUT2D eigenvalue weighted by Crippen LogP contribution is 2.09. The fraction of sp³-hybridized carbons (Fsp3) is 1.00. The van der Waals surface area contributed by atoms with Gasteiger partial charge in [-0.3, -0.25) is 0 Å². The van der Waals surface area contributed by atoms with Crippen molar-refractivity contribution in [3.8, 4) is 0 Å². The van der Waals surface area contributed by atoms with Crippen LogP contribution in [-0.2, 0) is 19.9 Å². The summed E-state index contributed by atoms with van der Waals surface area (Å²) < 4.78 is 46.6. The van der Waals surface area contributed by atoms with Crippen molar-refractivity contribution in [1.29, 1.82) is 0 Å². The molecule has 1 heterocycles. The van der Waals surface area contributed by atoms with Crippen molar-refractivity contribution < 1.29 is 21.9 Å². The molecule has 6 nitrogen and oxygen atoms in total. The number of aliphatic hydroxyl groups is 1. The van der Waals surface area contributed by atoms with E-state index in [4.69, 9.17) is 5.11 Å². The molecule has 0 radical (unpaired) electrons. The average molecular weight is 257 g/mol. The maximum atomic E-state index is 11.5. The van der Waals surface area contributed by atoms with Crippen LogP contribution in [0, 0.1) is 0 Å². The van der Waals surface area contributed by atoms with Crippen LogP contribution >= 0.6 is 0 Å². The van der Waals surface area contributed by atoms with E-state index in [-0.39, 0.29) is 30.3 Å². The number of sulfone groups is 1. The molecule has 0 aromatic rings. The Kier molecular flexibility index (Phi) is 4.10. The number of nitrogens with zero attached hydrogens (tertiary/aromatic N) is 1. The van der Waals surface area contributed by atoms with E-state index >= 15 is 0 Å². The molecule has 8 heteroatoms. The van der Waals surface area contributed by atoms with Crippen LogP contribution in [0.4, 0.5) is 0 Å². The minimum absolute atomic E-state index is 0.00463. The molecule has 1 aliphatic rings. The first kappa shape index (κ1) is 12.9. The van der Waals surface area contributed by atoms with Crippen molar-refractivity contribution in [2.75, 3.05) is 37.0 Å². The molecular weight excluding hydrogens is 242 g/mol. The number of aliphatic hydroxyl groups excluding tert-OH is 1. The lowest BCUT2D eigenvalue weighted by Crippen LogP contribution is -2.36. The van der Waals surface area contributed by atoms with E-state index in [1.165, 1.54) is 0 Å². The Morgan fingerprint density at radius 3 is 2.47 bits per heavy atom. The molecule has 1 saturated heterocycles. The third-order valence-corrected chi connectivity index (χ3v) is 5.82. The van der Waals surface area contributed by atoms with Gasteiger partial charge in [-0.1, -0.05) is 0 Å². The topological polar surface area (TPSA) is 91.8 Å². The van der Waals surface area contributed by atoms with Gasteiger partial charge in [-0.25, -0.2) is 21.1 Å². The second-order valence-electron chi connectivity index (χ2n) is 3.44. The van der Waals surface area contributed by atoms with Crippen LogP contribution in [0.2, 0.25) is 0 Å². The lowest BCUT2D eigenvalue weighted by atomic mass is 10.5. The molecule has 90 valence electrons. The molecule has 0 aromatic heterocycles.